The maximum Gasteiger partial charge on any atom is 0.408 e. The van der Waals surface area contributed by atoms with Gasteiger partial charge in [-0.3, -0.25) is 0 Å². The van der Waals surface area contributed by atoms with Gasteiger partial charge in [-0.05, 0) is 17.9 Å². The molecule has 2 unspecified atom stereocenters. The molecule has 0 aliphatic heterocycles. The van der Waals surface area contributed by atoms with E-state index in [2.05, 4.69) is 15.1 Å². The molecule has 0 saturated heterocycles. The predicted molar refractivity (Wildman–Crippen MR) is 86.9 cm³/mol. The van der Waals surface area contributed by atoms with Crippen LogP contribution in [0, 0.1) is 5.41 Å². The molecule has 138 valence electrons. The Morgan fingerprint density at radius 3 is 2.20 bits per heavy atom. The number of aliphatic hydroxyl groups is 1. The number of carbonyl (C=O) groups excluding carboxylic acids is 3. The first kappa shape index (κ1) is 20.4. The molecule has 0 saturated carbocycles. The summed E-state index contributed by atoms with van der Waals surface area (Å²) in [5.74, 6) is -2.11. The van der Waals surface area contributed by atoms with Gasteiger partial charge >= 0.3 is 18.0 Å². The largest absolute Gasteiger partial charge is 0.445 e. The summed E-state index contributed by atoms with van der Waals surface area (Å²) in [7, 11) is 0. The molecule has 0 radical (unpaired) electrons. The van der Waals surface area contributed by atoms with Crippen LogP contribution in [0.1, 0.15) is 33.3 Å². The first-order valence-corrected chi connectivity index (χ1v) is 7.68. The fourth-order valence-electron chi connectivity index (χ4n) is 1.55. The Kier molecular flexibility index (Phi) is 7.38. The molecule has 1 aromatic carbocycles. The molecule has 0 fully saturated rings. The summed E-state index contributed by atoms with van der Waals surface area (Å²) in [6.07, 6.45) is -2.28. The fraction of sp³-hybridized carbons (Fsp3) is 0.471. The number of carbonyl (C=O) groups is 3. The number of ether oxygens (including phenoxy) is 1. The van der Waals surface area contributed by atoms with E-state index in [-0.39, 0.29) is 6.61 Å². The minimum Gasteiger partial charge on any atom is -0.445 e. The Morgan fingerprint density at radius 1 is 1.08 bits per heavy atom. The van der Waals surface area contributed by atoms with Crippen molar-refractivity contribution in [3.63, 3.8) is 0 Å². The van der Waals surface area contributed by atoms with Gasteiger partial charge in [-0.2, -0.15) is 0 Å². The molecule has 1 aromatic rings. The van der Waals surface area contributed by atoms with Crippen molar-refractivity contribution < 1.29 is 34.0 Å². The lowest BCUT2D eigenvalue weighted by Gasteiger charge is -2.22. The Morgan fingerprint density at radius 2 is 1.64 bits per heavy atom. The summed E-state index contributed by atoms with van der Waals surface area (Å²) in [6, 6.07) is 7.89. The number of benzene rings is 1. The quantitative estimate of drug-likeness (QED) is 0.612. The second-order valence-electron chi connectivity index (χ2n) is 6.50. The van der Waals surface area contributed by atoms with Gasteiger partial charge in [0.15, 0.2) is 6.10 Å². The van der Waals surface area contributed by atoms with E-state index < -0.39 is 35.6 Å². The highest BCUT2D eigenvalue weighted by Gasteiger charge is 2.32. The third-order valence-electron chi connectivity index (χ3n) is 3.15. The van der Waals surface area contributed by atoms with Crippen LogP contribution < -0.4 is 5.32 Å². The van der Waals surface area contributed by atoms with Crippen LogP contribution in [0.15, 0.2) is 30.3 Å². The molecule has 0 heterocycles. The maximum absolute atomic E-state index is 11.7. The second kappa shape index (κ2) is 9.03. The smallest absolute Gasteiger partial charge is 0.408 e. The zero-order chi connectivity index (χ0) is 19.0. The number of amides is 1. The average molecular weight is 353 g/mol. The first-order chi connectivity index (χ1) is 11.6. The predicted octanol–water partition coefficient (Wildman–Crippen LogP) is 1.71. The van der Waals surface area contributed by atoms with Crippen molar-refractivity contribution in [2.75, 3.05) is 0 Å². The van der Waals surface area contributed by atoms with Crippen LogP contribution in [-0.4, -0.2) is 35.3 Å². The lowest BCUT2D eigenvalue weighted by Crippen LogP contribution is -2.41. The van der Waals surface area contributed by atoms with E-state index in [1.807, 2.05) is 6.07 Å². The molecule has 2 atom stereocenters. The van der Waals surface area contributed by atoms with Gasteiger partial charge in [0.25, 0.3) is 0 Å². The zero-order valence-corrected chi connectivity index (χ0v) is 14.6. The summed E-state index contributed by atoms with van der Waals surface area (Å²) in [6.45, 7) is 6.23. The summed E-state index contributed by atoms with van der Waals surface area (Å²) in [4.78, 5) is 43.5. The number of hydrogen-bond acceptors (Lipinski definition) is 7. The molecular weight excluding hydrogens is 330 g/mol. The summed E-state index contributed by atoms with van der Waals surface area (Å²) in [5, 5.41) is 11.9. The van der Waals surface area contributed by atoms with Crippen LogP contribution in [-0.2, 0) is 30.7 Å². The lowest BCUT2D eigenvalue weighted by atomic mass is 9.89. The average Bonchev–Trinajstić information content (AvgIpc) is 2.56. The van der Waals surface area contributed by atoms with Crippen molar-refractivity contribution >= 4 is 18.0 Å². The second-order valence-corrected chi connectivity index (χ2v) is 6.50. The van der Waals surface area contributed by atoms with Gasteiger partial charge in [0.2, 0.25) is 0 Å². The number of aliphatic hydroxyl groups excluding tert-OH is 1. The Labute approximate surface area is 146 Å². The number of nitrogens with one attached hydrogen (secondary N) is 1. The highest BCUT2D eigenvalue weighted by Crippen LogP contribution is 2.20. The number of rotatable bonds is 5. The van der Waals surface area contributed by atoms with E-state index in [4.69, 9.17) is 4.74 Å². The van der Waals surface area contributed by atoms with Gasteiger partial charge in [0.1, 0.15) is 12.6 Å². The Hall–Kier alpha value is -2.61. The Bertz CT molecular complexity index is 595. The van der Waals surface area contributed by atoms with Crippen LogP contribution in [0.25, 0.3) is 0 Å². The zero-order valence-electron chi connectivity index (χ0n) is 14.6. The normalized spacial score (nSPS) is 13.3. The number of alkyl carbamates (subject to hydrolysis) is 1. The molecule has 0 aliphatic carbocycles. The topological polar surface area (TPSA) is 111 Å². The van der Waals surface area contributed by atoms with Crippen molar-refractivity contribution in [2.45, 2.75) is 46.4 Å². The minimum atomic E-state index is -1.46. The van der Waals surface area contributed by atoms with Crippen LogP contribution in [0.5, 0.6) is 0 Å². The SMILES string of the molecule is CC(NC(=O)OCc1ccccc1)C(=O)OOC(=O)C(O)C(C)(C)C. The van der Waals surface area contributed by atoms with Gasteiger partial charge in [-0.25, -0.2) is 24.2 Å². The molecule has 0 aliphatic rings. The van der Waals surface area contributed by atoms with Gasteiger partial charge in [-0.1, -0.05) is 51.1 Å². The molecular formula is C17H23NO7. The molecule has 25 heavy (non-hydrogen) atoms. The third kappa shape index (κ3) is 7.21. The molecule has 0 bridgehead atoms. The van der Waals surface area contributed by atoms with Crippen LogP contribution in [0.3, 0.4) is 0 Å². The molecule has 1 rings (SSSR count). The molecule has 8 nitrogen and oxygen atoms in total. The van der Waals surface area contributed by atoms with Crippen LogP contribution >= 0.6 is 0 Å². The van der Waals surface area contributed by atoms with Crippen molar-refractivity contribution in [1.29, 1.82) is 0 Å². The first-order valence-electron chi connectivity index (χ1n) is 7.68. The lowest BCUT2D eigenvalue weighted by molar-refractivity contribution is -0.268. The number of hydrogen-bond donors (Lipinski definition) is 2. The monoisotopic (exact) mass is 353 g/mol. The van der Waals surface area contributed by atoms with Crippen molar-refractivity contribution in [2.24, 2.45) is 5.41 Å². The van der Waals surface area contributed by atoms with Gasteiger partial charge < -0.3 is 15.2 Å². The van der Waals surface area contributed by atoms with Crippen LogP contribution in [0.2, 0.25) is 0 Å². The molecule has 0 aromatic heterocycles. The highest BCUT2D eigenvalue weighted by molar-refractivity contribution is 5.82. The molecule has 0 spiro atoms. The summed E-state index contributed by atoms with van der Waals surface area (Å²) < 4.78 is 4.95. The minimum absolute atomic E-state index is 0.0429. The Balaban J connectivity index is 2.36. The molecule has 2 N–H and O–H groups in total. The van der Waals surface area contributed by atoms with E-state index in [9.17, 15) is 19.5 Å². The van der Waals surface area contributed by atoms with E-state index in [0.29, 0.717) is 0 Å². The third-order valence-corrected chi connectivity index (χ3v) is 3.15. The van der Waals surface area contributed by atoms with Crippen molar-refractivity contribution in [3.8, 4) is 0 Å². The van der Waals surface area contributed by atoms with Crippen molar-refractivity contribution in [1.82, 2.24) is 5.32 Å². The van der Waals surface area contributed by atoms with Gasteiger partial charge in [0, 0.05) is 0 Å². The van der Waals surface area contributed by atoms with Crippen molar-refractivity contribution in [3.05, 3.63) is 35.9 Å². The highest BCUT2D eigenvalue weighted by atomic mass is 17.2. The van der Waals surface area contributed by atoms with E-state index in [0.717, 1.165) is 5.56 Å². The standard InChI is InChI=1S/C17H23NO7/c1-11(14(20)24-25-15(21)13(19)17(2,3)4)18-16(22)23-10-12-8-6-5-7-9-12/h5-9,11,13,19H,10H2,1-4H3,(H,18,22). The van der Waals surface area contributed by atoms with E-state index in [1.165, 1.54) is 6.92 Å². The van der Waals surface area contributed by atoms with Crippen LogP contribution in [0.4, 0.5) is 4.79 Å². The van der Waals surface area contributed by atoms with Gasteiger partial charge in [0.05, 0.1) is 0 Å². The van der Waals surface area contributed by atoms with E-state index >= 15 is 0 Å². The molecule has 8 heteroatoms. The summed E-state index contributed by atoms with van der Waals surface area (Å²) >= 11 is 0. The summed E-state index contributed by atoms with van der Waals surface area (Å²) in [5.41, 5.74) is 0.0205. The molecule has 1 amide bonds. The fourth-order valence-corrected chi connectivity index (χ4v) is 1.55. The van der Waals surface area contributed by atoms with Gasteiger partial charge in [-0.15, -0.1) is 0 Å². The van der Waals surface area contributed by atoms with E-state index in [1.54, 1.807) is 45.0 Å². The maximum atomic E-state index is 11.7.